The number of halogens is 2. The number of nitrogens with one attached hydrogen (secondary N) is 2. The zero-order valence-corrected chi connectivity index (χ0v) is 30.0. The van der Waals surface area contributed by atoms with Gasteiger partial charge in [-0.1, -0.05) is 0 Å². The molecular formula is C23H32I2N4O13P2. The van der Waals surface area contributed by atoms with E-state index in [0.29, 0.717) is 0 Å². The molecule has 4 unspecified atom stereocenters. The molecule has 2 aliphatic rings. The third kappa shape index (κ3) is 9.08. The van der Waals surface area contributed by atoms with Crippen molar-refractivity contribution in [3.63, 3.8) is 0 Å². The van der Waals surface area contributed by atoms with Crippen molar-refractivity contribution < 1.29 is 41.8 Å². The molecule has 44 heavy (non-hydrogen) atoms. The Balaban J connectivity index is 1.42. The van der Waals surface area contributed by atoms with Gasteiger partial charge < -0.3 is 32.7 Å². The van der Waals surface area contributed by atoms with E-state index in [4.69, 9.17) is 27.6 Å². The number of aromatic nitrogens is 4. The van der Waals surface area contributed by atoms with E-state index in [1.54, 1.807) is 59.0 Å². The fraction of sp³-hybridized carbons (Fsp3) is 0.652. The molecule has 21 heteroatoms. The third-order valence-electron chi connectivity index (χ3n) is 6.53. The SMILES string of the molecule is CC(C)OP(C)(=O)OC1C[C@H](n2cc(I)c(=O)[nH]c2=O)O[C@@H]1COP(C)(=O)OC[C@H]1O[C@@H](n2cc(I)c(=O)[nH]c2=O)CC1O. The maximum atomic E-state index is 13.2. The van der Waals surface area contributed by atoms with Crippen molar-refractivity contribution in [3.05, 3.63) is 61.2 Å². The Hall–Kier alpha value is -1.00. The van der Waals surface area contributed by atoms with Gasteiger partial charge in [0.25, 0.3) is 11.1 Å². The molecular weight excluding hydrogens is 856 g/mol. The summed E-state index contributed by atoms with van der Waals surface area (Å²) in [5.41, 5.74) is -2.54. The van der Waals surface area contributed by atoms with Crippen LogP contribution in [0.1, 0.15) is 39.1 Å². The predicted molar refractivity (Wildman–Crippen MR) is 171 cm³/mol. The van der Waals surface area contributed by atoms with E-state index in [1.165, 1.54) is 25.7 Å². The van der Waals surface area contributed by atoms with Crippen LogP contribution >= 0.6 is 60.4 Å². The number of hydrogen-bond acceptors (Lipinski definition) is 13. The summed E-state index contributed by atoms with van der Waals surface area (Å²) >= 11 is 3.53. The predicted octanol–water partition coefficient (Wildman–Crippen LogP) is 1.72. The number of aliphatic hydroxyl groups excluding tert-OH is 1. The van der Waals surface area contributed by atoms with Gasteiger partial charge in [-0.05, 0) is 59.0 Å². The number of hydrogen-bond donors (Lipinski definition) is 3. The maximum Gasteiger partial charge on any atom is 0.330 e. The Morgan fingerprint density at radius 3 is 1.89 bits per heavy atom. The molecule has 0 aliphatic carbocycles. The van der Waals surface area contributed by atoms with E-state index in [1.807, 2.05) is 0 Å². The number of rotatable bonds is 12. The van der Waals surface area contributed by atoms with Gasteiger partial charge in [0, 0.05) is 38.6 Å². The minimum Gasteiger partial charge on any atom is -0.390 e. The van der Waals surface area contributed by atoms with E-state index in [9.17, 15) is 33.4 Å². The van der Waals surface area contributed by atoms with Crippen LogP contribution in [0.4, 0.5) is 0 Å². The minimum absolute atomic E-state index is 0.0137. The van der Waals surface area contributed by atoms with Crippen LogP contribution in [0.3, 0.4) is 0 Å². The first-order valence-corrected chi connectivity index (χ1v) is 19.4. The lowest BCUT2D eigenvalue weighted by Gasteiger charge is -2.25. The van der Waals surface area contributed by atoms with Gasteiger partial charge in [0.05, 0.1) is 38.7 Å². The molecule has 0 saturated carbocycles. The van der Waals surface area contributed by atoms with Crippen molar-refractivity contribution in [2.24, 2.45) is 0 Å². The quantitative estimate of drug-likeness (QED) is 0.205. The highest BCUT2D eigenvalue weighted by atomic mass is 127. The molecule has 4 heterocycles. The first kappa shape index (κ1) is 35.8. The Kier molecular flexibility index (Phi) is 11.7. The summed E-state index contributed by atoms with van der Waals surface area (Å²) in [7, 11) is -7.41. The van der Waals surface area contributed by atoms with Crippen molar-refractivity contribution in [3.8, 4) is 0 Å². The highest BCUT2D eigenvalue weighted by molar-refractivity contribution is 14.1. The fourth-order valence-corrected chi connectivity index (χ4v) is 7.94. The second kappa shape index (κ2) is 14.4. The van der Waals surface area contributed by atoms with Gasteiger partial charge in [-0.2, -0.15) is 0 Å². The van der Waals surface area contributed by atoms with E-state index < -0.39 is 80.7 Å². The van der Waals surface area contributed by atoms with Gasteiger partial charge in [0.2, 0.25) is 0 Å². The summed E-state index contributed by atoms with van der Waals surface area (Å²) in [5, 5.41) is 10.5. The molecule has 246 valence electrons. The lowest BCUT2D eigenvalue weighted by atomic mass is 10.2. The van der Waals surface area contributed by atoms with Crippen LogP contribution in [0.2, 0.25) is 0 Å². The number of ether oxygens (including phenoxy) is 2. The fourth-order valence-electron chi connectivity index (χ4n) is 4.63. The number of H-pyrrole nitrogens is 2. The van der Waals surface area contributed by atoms with Crippen LogP contribution in [-0.2, 0) is 36.7 Å². The maximum absolute atomic E-state index is 13.2. The first-order chi connectivity index (χ1) is 20.4. The second-order valence-electron chi connectivity index (χ2n) is 10.5. The van der Waals surface area contributed by atoms with Crippen molar-refractivity contribution in [2.75, 3.05) is 26.5 Å². The molecule has 0 aromatic carbocycles. The molecule has 0 spiro atoms. The van der Waals surface area contributed by atoms with Crippen LogP contribution in [0.15, 0.2) is 31.6 Å². The summed E-state index contributed by atoms with van der Waals surface area (Å²) in [6.45, 7) is 5.15. The van der Waals surface area contributed by atoms with Gasteiger partial charge in [-0.15, -0.1) is 0 Å². The Bertz CT molecular complexity index is 1690. The Labute approximate surface area is 277 Å². The van der Waals surface area contributed by atoms with Crippen molar-refractivity contribution in [1.29, 1.82) is 0 Å². The third-order valence-corrected chi connectivity index (χ3v) is 10.8. The topological polar surface area (TPSA) is 219 Å². The molecule has 17 nitrogen and oxygen atoms in total. The lowest BCUT2D eigenvalue weighted by Crippen LogP contribution is -2.33. The molecule has 2 aliphatic heterocycles. The summed E-state index contributed by atoms with van der Waals surface area (Å²) < 4.78 is 62.9. The number of aromatic amines is 2. The molecule has 4 rings (SSSR count). The van der Waals surface area contributed by atoms with Crippen molar-refractivity contribution in [1.82, 2.24) is 19.1 Å². The van der Waals surface area contributed by atoms with Crippen molar-refractivity contribution >= 4 is 60.4 Å². The average Bonchev–Trinajstić information content (AvgIpc) is 3.47. The van der Waals surface area contributed by atoms with Gasteiger partial charge >= 0.3 is 26.6 Å². The van der Waals surface area contributed by atoms with Gasteiger partial charge in [0.15, 0.2) is 0 Å². The smallest absolute Gasteiger partial charge is 0.330 e. The van der Waals surface area contributed by atoms with Crippen molar-refractivity contribution in [2.45, 2.75) is 69.7 Å². The van der Waals surface area contributed by atoms with E-state index in [0.717, 1.165) is 9.13 Å². The van der Waals surface area contributed by atoms with Gasteiger partial charge in [-0.25, -0.2) is 9.59 Å². The minimum atomic E-state index is -3.82. The van der Waals surface area contributed by atoms with E-state index in [2.05, 4.69) is 9.97 Å². The zero-order valence-electron chi connectivity index (χ0n) is 23.9. The lowest BCUT2D eigenvalue weighted by molar-refractivity contribution is -0.0518. The monoisotopic (exact) mass is 888 g/mol. The Morgan fingerprint density at radius 2 is 1.36 bits per heavy atom. The van der Waals surface area contributed by atoms with E-state index >= 15 is 0 Å². The molecule has 0 amide bonds. The summed E-state index contributed by atoms with van der Waals surface area (Å²) in [6.07, 6.45) is -3.53. The Morgan fingerprint density at radius 1 is 0.886 bits per heavy atom. The second-order valence-corrected chi connectivity index (χ2v) is 16.9. The molecule has 2 saturated heterocycles. The average molecular weight is 888 g/mol. The van der Waals surface area contributed by atoms with Crippen LogP contribution in [0.25, 0.3) is 0 Å². The number of aliphatic hydroxyl groups is 1. The number of nitrogens with zero attached hydrogens (tertiary/aromatic N) is 2. The molecule has 0 radical (unpaired) electrons. The standard InChI is InChI=1S/C23H32I2N4O13P2/c1-11(2)41-44(4,36)42-15-6-19(29-8-13(25)21(32)27-23(29)34)40-17(15)10-38-43(3,35)37-9-16-14(30)5-18(39-16)28-7-12(24)20(31)26-22(28)33/h7-8,11,14-19,30H,5-6,9-10H2,1-4H3,(H,26,31,33)(H,27,32,34)/t14?,15?,16-,17-,18-,19-,43?,44?/m1/s1. The first-order valence-electron chi connectivity index (χ1n) is 13.3. The van der Waals surface area contributed by atoms with Gasteiger partial charge in [-0.3, -0.25) is 37.8 Å². The van der Waals surface area contributed by atoms with Crippen LogP contribution in [0, 0.1) is 7.14 Å². The molecule has 2 aromatic rings. The zero-order chi connectivity index (χ0) is 32.6. The largest absolute Gasteiger partial charge is 0.390 e. The molecule has 2 fully saturated rings. The highest BCUT2D eigenvalue weighted by Gasteiger charge is 2.43. The molecule has 2 aromatic heterocycles. The normalized spacial score (nSPS) is 28.3. The summed E-state index contributed by atoms with van der Waals surface area (Å²) in [5.74, 6) is 0. The van der Waals surface area contributed by atoms with Crippen LogP contribution in [-0.4, -0.2) is 81.3 Å². The highest BCUT2D eigenvalue weighted by Crippen LogP contribution is 2.51. The summed E-state index contributed by atoms with van der Waals surface area (Å²) in [6, 6.07) is 0. The molecule has 8 atom stereocenters. The van der Waals surface area contributed by atoms with E-state index in [-0.39, 0.29) is 33.2 Å². The van der Waals surface area contributed by atoms with Crippen LogP contribution < -0.4 is 22.5 Å². The summed E-state index contributed by atoms with van der Waals surface area (Å²) in [4.78, 5) is 52.6. The molecule has 3 N–H and O–H groups in total. The van der Waals surface area contributed by atoms with Crippen LogP contribution in [0.5, 0.6) is 0 Å². The molecule has 0 bridgehead atoms. The van der Waals surface area contributed by atoms with Gasteiger partial charge in [0.1, 0.15) is 24.7 Å².